The number of hydrogen-bond donors (Lipinski definition) is 0. The van der Waals surface area contributed by atoms with Gasteiger partial charge in [0.05, 0.1) is 11.6 Å². The van der Waals surface area contributed by atoms with Gasteiger partial charge in [0, 0.05) is 29.0 Å². The molecule has 0 saturated heterocycles. The lowest BCUT2D eigenvalue weighted by atomic mass is 10.0. The van der Waals surface area contributed by atoms with E-state index >= 15 is 0 Å². The molecule has 0 bridgehead atoms. The highest BCUT2D eigenvalue weighted by Crippen LogP contribution is 2.30. The van der Waals surface area contributed by atoms with Gasteiger partial charge in [-0.1, -0.05) is 24.3 Å². The van der Waals surface area contributed by atoms with Crippen molar-refractivity contribution in [1.82, 2.24) is 0 Å². The summed E-state index contributed by atoms with van der Waals surface area (Å²) in [7, 11) is 0. The number of nitriles is 1. The Kier molecular flexibility index (Phi) is 3.53. The van der Waals surface area contributed by atoms with E-state index in [-0.39, 0.29) is 0 Å². The quantitative estimate of drug-likeness (QED) is 0.809. The van der Waals surface area contributed by atoms with E-state index in [9.17, 15) is 0 Å². The summed E-state index contributed by atoms with van der Waals surface area (Å²) in [5.41, 5.74) is 1.95. The van der Waals surface area contributed by atoms with Crippen molar-refractivity contribution in [3.63, 3.8) is 0 Å². The van der Waals surface area contributed by atoms with E-state index in [2.05, 4.69) is 43.9 Å². The normalized spacial score (nSPS) is 10.6. The Morgan fingerprint density at radius 3 is 2.33 bits per heavy atom. The van der Waals surface area contributed by atoms with Crippen LogP contribution in [-0.4, -0.2) is 12.6 Å². The van der Waals surface area contributed by atoms with Gasteiger partial charge in [0.25, 0.3) is 0 Å². The van der Waals surface area contributed by atoms with Crippen LogP contribution in [0.2, 0.25) is 0 Å². The van der Waals surface area contributed by atoms with Crippen LogP contribution in [0.4, 0.5) is 5.69 Å². The second-order valence-corrected chi connectivity index (χ2v) is 4.67. The van der Waals surface area contributed by atoms with Gasteiger partial charge in [-0.05, 0) is 32.9 Å². The summed E-state index contributed by atoms with van der Waals surface area (Å²) < 4.78 is 0. The van der Waals surface area contributed by atoms with Crippen LogP contribution in [0.15, 0.2) is 36.4 Å². The summed E-state index contributed by atoms with van der Waals surface area (Å²) in [4.78, 5) is 2.35. The molecule has 18 heavy (non-hydrogen) atoms. The summed E-state index contributed by atoms with van der Waals surface area (Å²) >= 11 is 0. The van der Waals surface area contributed by atoms with E-state index in [1.807, 2.05) is 24.3 Å². The smallest absolute Gasteiger partial charge is 0.0998 e. The van der Waals surface area contributed by atoms with Gasteiger partial charge in [-0.15, -0.1) is 0 Å². The van der Waals surface area contributed by atoms with Crippen LogP contribution >= 0.6 is 0 Å². The summed E-state index contributed by atoms with van der Waals surface area (Å²) in [6.07, 6.45) is 0. The zero-order valence-corrected chi connectivity index (χ0v) is 11.1. The van der Waals surface area contributed by atoms with Gasteiger partial charge < -0.3 is 4.90 Å². The van der Waals surface area contributed by atoms with Crippen molar-refractivity contribution in [3.8, 4) is 6.07 Å². The molecule has 2 aromatic carbocycles. The largest absolute Gasteiger partial charge is 0.369 e. The number of anilines is 1. The fraction of sp³-hybridized carbons (Fsp3) is 0.312. The topological polar surface area (TPSA) is 27.0 Å². The molecule has 0 amide bonds. The molecule has 0 aliphatic carbocycles. The molecule has 0 fully saturated rings. The molecule has 2 nitrogen and oxygen atoms in total. The lowest BCUT2D eigenvalue weighted by molar-refractivity contribution is 0.706. The van der Waals surface area contributed by atoms with Gasteiger partial charge in [-0.3, -0.25) is 0 Å². The first-order valence-corrected chi connectivity index (χ1v) is 6.37. The SMILES string of the molecule is CCN(c1ccc(C#N)c2ccccc12)C(C)C. The molecule has 0 N–H and O–H groups in total. The van der Waals surface area contributed by atoms with Crippen LogP contribution in [-0.2, 0) is 0 Å². The van der Waals surface area contributed by atoms with Crippen molar-refractivity contribution in [1.29, 1.82) is 5.26 Å². The maximum atomic E-state index is 9.17. The molecule has 0 unspecified atom stereocenters. The van der Waals surface area contributed by atoms with Crippen molar-refractivity contribution in [3.05, 3.63) is 42.0 Å². The van der Waals surface area contributed by atoms with E-state index < -0.39 is 0 Å². The van der Waals surface area contributed by atoms with Gasteiger partial charge in [-0.25, -0.2) is 0 Å². The highest BCUT2D eigenvalue weighted by atomic mass is 15.1. The maximum Gasteiger partial charge on any atom is 0.0998 e. The molecule has 92 valence electrons. The Bertz CT molecular complexity index is 594. The number of rotatable bonds is 3. The van der Waals surface area contributed by atoms with Gasteiger partial charge in [0.15, 0.2) is 0 Å². The van der Waals surface area contributed by atoms with Crippen LogP contribution in [0.5, 0.6) is 0 Å². The number of benzene rings is 2. The molecule has 0 heterocycles. The predicted molar refractivity (Wildman–Crippen MR) is 76.8 cm³/mol. The lowest BCUT2D eigenvalue weighted by Gasteiger charge is -2.29. The van der Waals surface area contributed by atoms with E-state index in [4.69, 9.17) is 5.26 Å². The Balaban J connectivity index is 2.70. The zero-order valence-electron chi connectivity index (χ0n) is 11.1. The second kappa shape index (κ2) is 5.10. The summed E-state index contributed by atoms with van der Waals surface area (Å²) in [6.45, 7) is 7.51. The van der Waals surface area contributed by atoms with Crippen LogP contribution in [0.3, 0.4) is 0 Å². The summed E-state index contributed by atoms with van der Waals surface area (Å²) in [5.74, 6) is 0. The van der Waals surface area contributed by atoms with Crippen LogP contribution in [0.1, 0.15) is 26.3 Å². The van der Waals surface area contributed by atoms with Crippen molar-refractivity contribution in [2.45, 2.75) is 26.8 Å². The zero-order chi connectivity index (χ0) is 13.1. The highest BCUT2D eigenvalue weighted by molar-refractivity contribution is 5.97. The third-order valence-electron chi connectivity index (χ3n) is 3.29. The molecule has 0 aliphatic heterocycles. The first-order chi connectivity index (χ1) is 8.69. The first-order valence-electron chi connectivity index (χ1n) is 6.37. The lowest BCUT2D eigenvalue weighted by Crippen LogP contribution is -2.30. The molecule has 0 spiro atoms. The number of nitrogens with zero attached hydrogens (tertiary/aromatic N) is 2. The Labute approximate surface area is 108 Å². The van der Waals surface area contributed by atoms with E-state index in [1.54, 1.807) is 0 Å². The number of fused-ring (bicyclic) bond motifs is 1. The van der Waals surface area contributed by atoms with Crippen molar-refractivity contribution >= 4 is 16.5 Å². The van der Waals surface area contributed by atoms with Crippen molar-refractivity contribution < 1.29 is 0 Å². The van der Waals surface area contributed by atoms with Crippen molar-refractivity contribution in [2.24, 2.45) is 0 Å². The Morgan fingerprint density at radius 2 is 1.78 bits per heavy atom. The summed E-state index contributed by atoms with van der Waals surface area (Å²) in [5, 5.41) is 11.4. The van der Waals surface area contributed by atoms with E-state index in [0.29, 0.717) is 6.04 Å². The van der Waals surface area contributed by atoms with Gasteiger partial charge >= 0.3 is 0 Å². The van der Waals surface area contributed by atoms with Gasteiger partial charge in [0.1, 0.15) is 0 Å². The standard InChI is InChI=1S/C16H18N2/c1-4-18(12(2)3)16-10-9-13(11-17)14-7-5-6-8-15(14)16/h5-10,12H,4H2,1-3H3. The molecule has 2 rings (SSSR count). The third kappa shape index (κ3) is 2.04. The minimum absolute atomic E-state index is 0.450. The predicted octanol–water partition coefficient (Wildman–Crippen LogP) is 3.95. The molecule has 0 saturated carbocycles. The van der Waals surface area contributed by atoms with E-state index in [0.717, 1.165) is 22.9 Å². The molecule has 0 aromatic heterocycles. The monoisotopic (exact) mass is 238 g/mol. The fourth-order valence-electron chi connectivity index (χ4n) is 2.44. The minimum atomic E-state index is 0.450. The van der Waals surface area contributed by atoms with E-state index in [1.165, 1.54) is 5.69 Å². The Hall–Kier alpha value is -2.01. The second-order valence-electron chi connectivity index (χ2n) is 4.67. The molecule has 2 heteroatoms. The maximum absolute atomic E-state index is 9.17. The molecule has 0 radical (unpaired) electrons. The average Bonchev–Trinajstić information content (AvgIpc) is 2.39. The fourth-order valence-corrected chi connectivity index (χ4v) is 2.44. The Morgan fingerprint density at radius 1 is 1.11 bits per heavy atom. The molecule has 0 aliphatic rings. The molecule has 2 aromatic rings. The van der Waals surface area contributed by atoms with Crippen molar-refractivity contribution in [2.75, 3.05) is 11.4 Å². The van der Waals surface area contributed by atoms with Gasteiger partial charge in [-0.2, -0.15) is 5.26 Å². The van der Waals surface area contributed by atoms with Crippen LogP contribution < -0.4 is 4.90 Å². The summed E-state index contributed by atoms with van der Waals surface area (Å²) in [6, 6.07) is 14.8. The molecular weight excluding hydrogens is 220 g/mol. The third-order valence-corrected chi connectivity index (χ3v) is 3.29. The average molecular weight is 238 g/mol. The molecule has 0 atom stereocenters. The number of hydrogen-bond acceptors (Lipinski definition) is 2. The highest BCUT2D eigenvalue weighted by Gasteiger charge is 2.13. The van der Waals surface area contributed by atoms with Crippen LogP contribution in [0, 0.1) is 11.3 Å². The first kappa shape index (κ1) is 12.4. The minimum Gasteiger partial charge on any atom is -0.369 e. The molecular formula is C16H18N2. The van der Waals surface area contributed by atoms with Gasteiger partial charge in [0.2, 0.25) is 0 Å². The van der Waals surface area contributed by atoms with Crippen LogP contribution in [0.25, 0.3) is 10.8 Å².